The fourth-order valence-electron chi connectivity index (χ4n) is 3.01. The van der Waals surface area contributed by atoms with E-state index in [9.17, 15) is 4.79 Å². The molecule has 1 fully saturated rings. The van der Waals surface area contributed by atoms with Gasteiger partial charge in [0.2, 0.25) is 0 Å². The molecule has 3 atom stereocenters. The van der Waals surface area contributed by atoms with Crippen molar-refractivity contribution in [1.29, 1.82) is 0 Å². The van der Waals surface area contributed by atoms with E-state index in [-0.39, 0.29) is 5.97 Å². The van der Waals surface area contributed by atoms with Crippen LogP contribution in [0.25, 0.3) is 0 Å². The maximum Gasteiger partial charge on any atom is 0.326 e. The van der Waals surface area contributed by atoms with E-state index in [1.165, 1.54) is 13.5 Å². The molecule has 0 aromatic carbocycles. The summed E-state index contributed by atoms with van der Waals surface area (Å²) in [5.41, 5.74) is 7.30. The summed E-state index contributed by atoms with van der Waals surface area (Å²) in [6.07, 6.45) is 4.39. The first-order valence-electron chi connectivity index (χ1n) is 5.51. The van der Waals surface area contributed by atoms with Crippen molar-refractivity contribution in [2.75, 3.05) is 7.11 Å². The van der Waals surface area contributed by atoms with Crippen LogP contribution in [0.3, 0.4) is 0 Å². The van der Waals surface area contributed by atoms with E-state index >= 15 is 0 Å². The SMILES string of the molecule is COC(=O)C(N)C1=CCC2CC1C2(C)C. The summed E-state index contributed by atoms with van der Waals surface area (Å²) in [7, 11) is 1.39. The van der Waals surface area contributed by atoms with Crippen LogP contribution in [0, 0.1) is 17.3 Å². The molecule has 3 heteroatoms. The minimum absolute atomic E-state index is 0.315. The third-order valence-corrected chi connectivity index (χ3v) is 4.33. The highest BCUT2D eigenvalue weighted by molar-refractivity contribution is 5.79. The quantitative estimate of drug-likeness (QED) is 0.553. The maximum atomic E-state index is 11.4. The molecule has 2 bridgehead atoms. The monoisotopic (exact) mass is 209 g/mol. The number of esters is 1. The molecule has 3 unspecified atom stereocenters. The van der Waals surface area contributed by atoms with Gasteiger partial charge in [-0.25, -0.2) is 0 Å². The highest BCUT2D eigenvalue weighted by Crippen LogP contribution is 2.59. The zero-order valence-corrected chi connectivity index (χ0v) is 9.62. The number of fused-ring (bicyclic) bond motifs is 1. The van der Waals surface area contributed by atoms with E-state index in [1.807, 2.05) is 0 Å². The third kappa shape index (κ3) is 1.41. The van der Waals surface area contributed by atoms with E-state index in [0.29, 0.717) is 11.3 Å². The number of hydrogen-bond donors (Lipinski definition) is 1. The fourth-order valence-corrected chi connectivity index (χ4v) is 3.01. The molecule has 2 N–H and O–H groups in total. The Morgan fingerprint density at radius 1 is 1.67 bits per heavy atom. The van der Waals surface area contributed by atoms with E-state index in [2.05, 4.69) is 19.9 Å². The van der Waals surface area contributed by atoms with Crippen LogP contribution in [-0.2, 0) is 9.53 Å². The molecule has 0 radical (unpaired) electrons. The van der Waals surface area contributed by atoms with E-state index in [4.69, 9.17) is 10.5 Å². The highest BCUT2D eigenvalue weighted by Gasteiger charge is 2.52. The average molecular weight is 209 g/mol. The minimum Gasteiger partial charge on any atom is -0.468 e. The van der Waals surface area contributed by atoms with Gasteiger partial charge in [-0.1, -0.05) is 19.9 Å². The molecular weight excluding hydrogens is 190 g/mol. The van der Waals surface area contributed by atoms with E-state index < -0.39 is 6.04 Å². The van der Waals surface area contributed by atoms with Gasteiger partial charge in [-0.05, 0) is 35.7 Å². The summed E-state index contributed by atoms with van der Waals surface area (Å²) in [5.74, 6) is 0.934. The van der Waals surface area contributed by atoms with Gasteiger partial charge in [0.05, 0.1) is 7.11 Å². The number of methoxy groups -OCH3 is 1. The van der Waals surface area contributed by atoms with Crippen LogP contribution in [-0.4, -0.2) is 19.1 Å². The first-order valence-corrected chi connectivity index (χ1v) is 5.51. The molecule has 3 nitrogen and oxygen atoms in total. The molecule has 0 amide bonds. The standard InChI is InChI=1S/C12H19NO2/c1-12(2)7-4-5-8(9(12)6-7)10(13)11(14)15-3/h5,7,9-10H,4,6,13H2,1-3H3. The van der Waals surface area contributed by atoms with Gasteiger partial charge in [0.1, 0.15) is 6.04 Å². The number of ether oxygens (including phenoxy) is 1. The Morgan fingerprint density at radius 3 is 2.80 bits per heavy atom. The normalized spacial score (nSPS) is 33.7. The molecule has 1 saturated carbocycles. The highest BCUT2D eigenvalue weighted by atomic mass is 16.5. The van der Waals surface area contributed by atoms with Crippen molar-refractivity contribution in [3.05, 3.63) is 11.6 Å². The number of hydrogen-bond acceptors (Lipinski definition) is 3. The Bertz CT molecular complexity index is 320. The van der Waals surface area contributed by atoms with Crippen LogP contribution < -0.4 is 5.73 Å². The first-order chi connectivity index (χ1) is 6.98. The van der Waals surface area contributed by atoms with Crippen molar-refractivity contribution in [2.45, 2.75) is 32.7 Å². The molecule has 15 heavy (non-hydrogen) atoms. The average Bonchev–Trinajstić information content (AvgIpc) is 2.26. The smallest absolute Gasteiger partial charge is 0.326 e. The molecule has 0 heterocycles. The first kappa shape index (κ1) is 10.7. The van der Waals surface area contributed by atoms with Gasteiger partial charge >= 0.3 is 5.97 Å². The Hall–Kier alpha value is -0.830. The van der Waals surface area contributed by atoms with Crippen molar-refractivity contribution in [3.8, 4) is 0 Å². The maximum absolute atomic E-state index is 11.4. The van der Waals surface area contributed by atoms with Crippen LogP contribution in [0.4, 0.5) is 0 Å². The van der Waals surface area contributed by atoms with Crippen molar-refractivity contribution >= 4 is 5.97 Å². The zero-order chi connectivity index (χ0) is 11.2. The Morgan fingerprint density at radius 2 is 2.33 bits per heavy atom. The van der Waals surface area contributed by atoms with Gasteiger partial charge in [-0.3, -0.25) is 4.79 Å². The zero-order valence-electron chi connectivity index (χ0n) is 9.62. The predicted molar refractivity (Wildman–Crippen MR) is 58.1 cm³/mol. The summed E-state index contributed by atoms with van der Waals surface area (Å²) in [6, 6.07) is -0.555. The molecule has 3 aliphatic rings. The lowest BCUT2D eigenvalue weighted by atomic mass is 9.48. The van der Waals surface area contributed by atoms with Crippen LogP contribution in [0.5, 0.6) is 0 Å². The molecule has 0 aliphatic heterocycles. The lowest BCUT2D eigenvalue weighted by Crippen LogP contribution is -2.52. The number of nitrogens with two attached hydrogens (primary N) is 1. The van der Waals surface area contributed by atoms with E-state index in [1.54, 1.807) is 0 Å². The Kier molecular flexibility index (Phi) is 2.38. The lowest BCUT2D eigenvalue weighted by Gasteiger charge is -2.57. The van der Waals surface area contributed by atoms with Crippen LogP contribution in [0.2, 0.25) is 0 Å². The van der Waals surface area contributed by atoms with Crippen LogP contribution >= 0.6 is 0 Å². The molecule has 0 aromatic rings. The molecule has 0 aromatic heterocycles. The summed E-state index contributed by atoms with van der Waals surface area (Å²) in [5, 5.41) is 0. The van der Waals surface area contributed by atoms with Gasteiger partial charge in [0.25, 0.3) is 0 Å². The third-order valence-electron chi connectivity index (χ3n) is 4.33. The molecule has 84 valence electrons. The van der Waals surface area contributed by atoms with Gasteiger partial charge in [-0.2, -0.15) is 0 Å². The summed E-state index contributed by atoms with van der Waals surface area (Å²) >= 11 is 0. The summed E-state index contributed by atoms with van der Waals surface area (Å²) in [4.78, 5) is 11.4. The molecule has 0 saturated heterocycles. The van der Waals surface area contributed by atoms with Gasteiger partial charge in [0.15, 0.2) is 0 Å². The van der Waals surface area contributed by atoms with E-state index in [0.717, 1.165) is 17.9 Å². The van der Waals surface area contributed by atoms with Gasteiger partial charge < -0.3 is 10.5 Å². The summed E-state index contributed by atoms with van der Waals surface area (Å²) < 4.78 is 4.69. The number of rotatable bonds is 2. The van der Waals surface area contributed by atoms with Crippen molar-refractivity contribution in [2.24, 2.45) is 23.0 Å². The molecular formula is C12H19NO2. The van der Waals surface area contributed by atoms with Crippen molar-refractivity contribution in [3.63, 3.8) is 0 Å². The fraction of sp³-hybridized carbons (Fsp3) is 0.750. The van der Waals surface area contributed by atoms with Crippen LogP contribution in [0.15, 0.2) is 11.6 Å². The number of carbonyl (C=O) groups excluding carboxylic acids is 1. The van der Waals surface area contributed by atoms with Crippen molar-refractivity contribution < 1.29 is 9.53 Å². The second-order valence-corrected chi connectivity index (χ2v) is 5.25. The lowest BCUT2D eigenvalue weighted by molar-refractivity contribution is -0.142. The topological polar surface area (TPSA) is 52.3 Å². The predicted octanol–water partition coefficient (Wildman–Crippen LogP) is 1.48. The molecule has 3 rings (SSSR count). The largest absolute Gasteiger partial charge is 0.468 e. The van der Waals surface area contributed by atoms with Gasteiger partial charge in [-0.15, -0.1) is 0 Å². The Balaban J connectivity index is 2.18. The second kappa shape index (κ2) is 3.34. The Labute approximate surface area is 90.7 Å². The molecule has 3 aliphatic carbocycles. The van der Waals surface area contributed by atoms with Crippen molar-refractivity contribution in [1.82, 2.24) is 0 Å². The summed E-state index contributed by atoms with van der Waals surface area (Å²) in [6.45, 7) is 4.53. The number of carbonyl (C=O) groups is 1. The minimum atomic E-state index is -0.555. The number of allylic oxidation sites excluding steroid dienone is 1. The molecule has 0 spiro atoms. The van der Waals surface area contributed by atoms with Gasteiger partial charge in [0, 0.05) is 0 Å². The second-order valence-electron chi connectivity index (χ2n) is 5.25. The van der Waals surface area contributed by atoms with Crippen LogP contribution in [0.1, 0.15) is 26.7 Å².